The summed E-state index contributed by atoms with van der Waals surface area (Å²) in [5.74, 6) is 3.69. The van der Waals surface area contributed by atoms with E-state index in [1.165, 1.54) is 12.2 Å². The Labute approximate surface area is 100 Å². The maximum atomic E-state index is 2.65. The van der Waals surface area contributed by atoms with Gasteiger partial charge in [0.1, 0.15) is 0 Å². The Hall–Kier alpha value is 0.700. The molecule has 88 valence electrons. The number of hydrogen-bond acceptors (Lipinski definition) is 1. The van der Waals surface area contributed by atoms with Gasteiger partial charge in [0, 0.05) is 4.58 Å². The molecular formula is C13H24S2. The second-order valence-electron chi connectivity index (χ2n) is 6.13. The molecule has 0 aromatic heterocycles. The maximum Gasteiger partial charge on any atom is 0.0354 e. The molecule has 3 saturated carbocycles. The van der Waals surface area contributed by atoms with Crippen molar-refractivity contribution in [3.05, 3.63) is 0 Å². The third-order valence-electron chi connectivity index (χ3n) is 5.10. The summed E-state index contributed by atoms with van der Waals surface area (Å²) in [5.41, 5.74) is 0. The summed E-state index contributed by atoms with van der Waals surface area (Å²) in [6.45, 7) is 0. The Bertz CT molecular complexity index is 237. The van der Waals surface area contributed by atoms with Crippen molar-refractivity contribution in [1.82, 2.24) is 0 Å². The predicted molar refractivity (Wildman–Crippen MR) is 74.2 cm³/mol. The van der Waals surface area contributed by atoms with Gasteiger partial charge in [-0.3, -0.25) is 0 Å². The fourth-order valence-corrected chi connectivity index (χ4v) is 9.82. The summed E-state index contributed by atoms with van der Waals surface area (Å²) in [7, 11) is -0.293. The summed E-state index contributed by atoms with van der Waals surface area (Å²) in [5, 5.41) is 1.14. The molecule has 0 aromatic rings. The molecule has 0 amide bonds. The van der Waals surface area contributed by atoms with E-state index in [1.54, 1.807) is 32.1 Å². The third kappa shape index (κ3) is 1.76. The summed E-state index contributed by atoms with van der Waals surface area (Å²) in [6.07, 6.45) is 14.7. The van der Waals surface area contributed by atoms with Crippen LogP contribution in [0.2, 0.25) is 0 Å². The number of fused-ring (bicyclic) bond motifs is 3. The summed E-state index contributed by atoms with van der Waals surface area (Å²) < 4.78 is 1.07. The number of rotatable bonds is 2. The smallest absolute Gasteiger partial charge is 0.0354 e. The molecule has 0 aromatic carbocycles. The van der Waals surface area contributed by atoms with Crippen molar-refractivity contribution in [2.45, 2.75) is 48.4 Å². The highest BCUT2D eigenvalue weighted by atomic mass is 32.3. The van der Waals surface area contributed by atoms with Crippen LogP contribution in [-0.2, 0) is 0 Å². The lowest BCUT2D eigenvalue weighted by atomic mass is 9.70. The zero-order chi connectivity index (χ0) is 10.5. The molecule has 4 fully saturated rings. The van der Waals surface area contributed by atoms with Crippen molar-refractivity contribution < 1.29 is 0 Å². The lowest BCUT2D eigenvalue weighted by Crippen LogP contribution is -2.42. The standard InChI is InChI=1S/C13H24S2/c1-15(2,13-7-8-14-13)12-9-10-3-5-11(12)6-4-10/h10-13H,3-9H2,1-2H3. The Morgan fingerprint density at radius 1 is 1.00 bits per heavy atom. The summed E-state index contributed by atoms with van der Waals surface area (Å²) in [4.78, 5) is 0. The maximum absolute atomic E-state index is 2.65. The molecule has 15 heavy (non-hydrogen) atoms. The van der Waals surface area contributed by atoms with Crippen LogP contribution in [0.4, 0.5) is 0 Å². The Kier molecular flexibility index (Phi) is 2.79. The highest BCUT2D eigenvalue weighted by molar-refractivity contribution is 8.40. The van der Waals surface area contributed by atoms with Crippen molar-refractivity contribution in [1.29, 1.82) is 0 Å². The van der Waals surface area contributed by atoms with E-state index in [-0.39, 0.29) is 10.0 Å². The van der Waals surface area contributed by atoms with E-state index in [2.05, 4.69) is 24.3 Å². The van der Waals surface area contributed by atoms with Gasteiger partial charge in [-0.2, -0.15) is 0 Å². The molecule has 0 nitrogen and oxygen atoms in total. The first-order valence-electron chi connectivity index (χ1n) is 6.50. The van der Waals surface area contributed by atoms with E-state index in [9.17, 15) is 0 Å². The molecule has 2 unspecified atom stereocenters. The van der Waals surface area contributed by atoms with Crippen LogP contribution in [0, 0.1) is 11.8 Å². The second kappa shape index (κ2) is 3.87. The Balaban J connectivity index is 1.75. The van der Waals surface area contributed by atoms with Crippen LogP contribution in [0.5, 0.6) is 0 Å². The van der Waals surface area contributed by atoms with Crippen LogP contribution in [-0.4, -0.2) is 28.1 Å². The van der Waals surface area contributed by atoms with E-state index in [0.717, 1.165) is 21.7 Å². The molecule has 4 aliphatic rings. The minimum absolute atomic E-state index is 0.293. The van der Waals surface area contributed by atoms with Gasteiger partial charge in [0.15, 0.2) is 0 Å². The zero-order valence-electron chi connectivity index (χ0n) is 10.1. The lowest BCUT2D eigenvalue weighted by molar-refractivity contribution is 0.182. The van der Waals surface area contributed by atoms with Gasteiger partial charge in [0.25, 0.3) is 0 Å². The van der Waals surface area contributed by atoms with Crippen molar-refractivity contribution in [3.8, 4) is 0 Å². The van der Waals surface area contributed by atoms with Crippen LogP contribution < -0.4 is 0 Å². The van der Waals surface area contributed by atoms with E-state index >= 15 is 0 Å². The monoisotopic (exact) mass is 244 g/mol. The highest BCUT2D eigenvalue weighted by Gasteiger charge is 2.45. The molecule has 2 heteroatoms. The number of thioether (sulfide) groups is 1. The van der Waals surface area contributed by atoms with Crippen molar-refractivity contribution in [2.75, 3.05) is 18.3 Å². The molecule has 1 saturated heterocycles. The molecule has 1 aliphatic heterocycles. The molecule has 4 rings (SSSR count). The minimum Gasteiger partial charge on any atom is -0.232 e. The van der Waals surface area contributed by atoms with Crippen molar-refractivity contribution >= 4 is 21.8 Å². The van der Waals surface area contributed by atoms with Gasteiger partial charge in [-0.05, 0) is 61.0 Å². The third-order valence-corrected chi connectivity index (χ3v) is 11.8. The van der Waals surface area contributed by atoms with E-state index in [0.29, 0.717) is 0 Å². The molecule has 2 bridgehead atoms. The van der Waals surface area contributed by atoms with Gasteiger partial charge >= 0.3 is 0 Å². The molecule has 0 radical (unpaired) electrons. The predicted octanol–water partition coefficient (Wildman–Crippen LogP) is 4.09. The van der Waals surface area contributed by atoms with Crippen LogP contribution in [0.1, 0.15) is 38.5 Å². The van der Waals surface area contributed by atoms with E-state index in [4.69, 9.17) is 0 Å². The zero-order valence-corrected chi connectivity index (χ0v) is 11.7. The van der Waals surface area contributed by atoms with Crippen LogP contribution in [0.15, 0.2) is 0 Å². The quantitative estimate of drug-likeness (QED) is 0.705. The fourth-order valence-electron chi connectivity index (χ4n) is 3.95. The van der Waals surface area contributed by atoms with Gasteiger partial charge in [0.05, 0.1) is 0 Å². The second-order valence-corrected chi connectivity index (χ2v) is 11.9. The van der Waals surface area contributed by atoms with Crippen LogP contribution in [0.25, 0.3) is 0 Å². The average molecular weight is 244 g/mol. The normalized spacial score (nSPS) is 46.3. The molecule has 0 N–H and O–H groups in total. The van der Waals surface area contributed by atoms with Gasteiger partial charge in [0.2, 0.25) is 0 Å². The largest absolute Gasteiger partial charge is 0.232 e. The van der Waals surface area contributed by atoms with Crippen molar-refractivity contribution in [2.24, 2.45) is 11.8 Å². The Morgan fingerprint density at radius 3 is 2.07 bits per heavy atom. The minimum atomic E-state index is -0.293. The van der Waals surface area contributed by atoms with Gasteiger partial charge in [-0.15, -0.1) is 11.8 Å². The van der Waals surface area contributed by atoms with Gasteiger partial charge in [-0.1, -0.05) is 12.8 Å². The number of hydrogen-bond donors (Lipinski definition) is 0. The molecule has 3 aliphatic carbocycles. The molecular weight excluding hydrogens is 220 g/mol. The van der Waals surface area contributed by atoms with Gasteiger partial charge in [-0.25, -0.2) is 10.0 Å². The van der Waals surface area contributed by atoms with Gasteiger partial charge < -0.3 is 0 Å². The first kappa shape index (κ1) is 10.8. The fraction of sp³-hybridized carbons (Fsp3) is 1.00. The molecule has 2 atom stereocenters. The van der Waals surface area contributed by atoms with Crippen molar-refractivity contribution in [3.63, 3.8) is 0 Å². The first-order valence-corrected chi connectivity index (χ1v) is 10.1. The molecule has 1 heterocycles. The average Bonchev–Trinajstić information content (AvgIpc) is 2.16. The van der Waals surface area contributed by atoms with E-state index in [1.807, 2.05) is 0 Å². The van der Waals surface area contributed by atoms with E-state index < -0.39 is 0 Å². The molecule has 0 spiro atoms. The Morgan fingerprint density at radius 2 is 1.67 bits per heavy atom. The van der Waals surface area contributed by atoms with Crippen LogP contribution >= 0.6 is 21.8 Å². The topological polar surface area (TPSA) is 0 Å². The summed E-state index contributed by atoms with van der Waals surface area (Å²) in [6, 6.07) is 0. The van der Waals surface area contributed by atoms with Crippen LogP contribution in [0.3, 0.4) is 0 Å². The SMILES string of the molecule is CS(C)(C1CCS1)C1CC2CCC1CC2. The first-order chi connectivity index (χ1) is 7.18. The summed E-state index contributed by atoms with van der Waals surface area (Å²) >= 11 is 2.27. The highest BCUT2D eigenvalue weighted by Crippen LogP contribution is 2.66. The lowest BCUT2D eigenvalue weighted by Gasteiger charge is -2.57.